The second-order valence-corrected chi connectivity index (χ2v) is 5.82. The van der Waals surface area contributed by atoms with Gasteiger partial charge < -0.3 is 0 Å². The van der Waals surface area contributed by atoms with Gasteiger partial charge in [0.2, 0.25) is 0 Å². The number of hydrogen-bond donors (Lipinski definition) is 0. The Morgan fingerprint density at radius 3 is 2.84 bits per heavy atom. The number of ketones is 1. The zero-order chi connectivity index (χ0) is 13.7. The lowest BCUT2D eigenvalue weighted by atomic mass is 10.1. The fourth-order valence-corrected chi connectivity index (χ4v) is 2.79. The van der Waals surface area contributed by atoms with Crippen LogP contribution in [0.15, 0.2) is 47.6 Å². The summed E-state index contributed by atoms with van der Waals surface area (Å²) < 4.78 is 0. The zero-order valence-electron chi connectivity index (χ0n) is 9.98. The molecule has 1 aromatic heterocycles. The van der Waals surface area contributed by atoms with Crippen LogP contribution in [0, 0.1) is 0 Å². The summed E-state index contributed by atoms with van der Waals surface area (Å²) in [5, 5.41) is 1.21. The molecule has 0 spiro atoms. The summed E-state index contributed by atoms with van der Waals surface area (Å²) in [7, 11) is 0. The Labute approximate surface area is 126 Å². The molecule has 0 unspecified atom stereocenters. The van der Waals surface area contributed by atoms with E-state index in [-0.39, 0.29) is 5.78 Å². The maximum atomic E-state index is 11.9. The highest BCUT2D eigenvalue weighted by Crippen LogP contribution is 2.22. The lowest BCUT2D eigenvalue weighted by molar-refractivity contribution is -0.116. The number of halogens is 2. The molecule has 0 N–H and O–H groups in total. The van der Waals surface area contributed by atoms with Crippen LogP contribution < -0.4 is 0 Å². The quantitative estimate of drug-likeness (QED) is 0.771. The molecule has 2 aromatic rings. The van der Waals surface area contributed by atoms with Crippen LogP contribution in [0.1, 0.15) is 5.56 Å². The third kappa shape index (κ3) is 4.53. The maximum Gasteiger partial charge on any atom is 0.147 e. The van der Waals surface area contributed by atoms with Crippen LogP contribution in [-0.2, 0) is 11.2 Å². The van der Waals surface area contributed by atoms with Crippen LogP contribution in [-0.4, -0.2) is 16.5 Å². The van der Waals surface area contributed by atoms with E-state index in [0.717, 1.165) is 10.5 Å². The highest BCUT2D eigenvalue weighted by atomic mass is 35.5. The Kier molecular flexibility index (Phi) is 5.25. The molecule has 0 aliphatic rings. The number of aromatic nitrogens is 1. The average molecular weight is 312 g/mol. The molecule has 0 radical (unpaired) electrons. The molecule has 0 fully saturated rings. The molecule has 0 bridgehead atoms. The highest BCUT2D eigenvalue weighted by molar-refractivity contribution is 8.00. The van der Waals surface area contributed by atoms with Gasteiger partial charge in [-0.2, -0.15) is 0 Å². The van der Waals surface area contributed by atoms with Gasteiger partial charge in [-0.1, -0.05) is 29.3 Å². The molecule has 0 amide bonds. The number of carbonyl (C=O) groups excluding carboxylic acids is 1. The molecule has 1 heterocycles. The third-order valence-corrected chi connectivity index (χ3v) is 4.07. The van der Waals surface area contributed by atoms with E-state index >= 15 is 0 Å². The summed E-state index contributed by atoms with van der Waals surface area (Å²) in [5.41, 5.74) is 0.813. The van der Waals surface area contributed by atoms with Crippen LogP contribution in [0.25, 0.3) is 0 Å². The minimum Gasteiger partial charge on any atom is -0.298 e. The molecule has 98 valence electrons. The fourth-order valence-electron chi connectivity index (χ4n) is 1.53. The van der Waals surface area contributed by atoms with Crippen LogP contribution in [0.5, 0.6) is 0 Å². The smallest absolute Gasteiger partial charge is 0.147 e. The van der Waals surface area contributed by atoms with Crippen LogP contribution in [0.4, 0.5) is 0 Å². The van der Waals surface area contributed by atoms with Crippen molar-refractivity contribution in [1.29, 1.82) is 0 Å². The predicted octanol–water partition coefficient (Wildman–Crippen LogP) is 4.29. The first kappa shape index (κ1) is 14.4. The van der Waals surface area contributed by atoms with E-state index in [2.05, 4.69) is 4.98 Å². The topological polar surface area (TPSA) is 30.0 Å². The van der Waals surface area contributed by atoms with Crippen LogP contribution in [0.3, 0.4) is 0 Å². The molecule has 0 aliphatic carbocycles. The van der Waals surface area contributed by atoms with Gasteiger partial charge in [0.05, 0.1) is 10.8 Å². The number of thioether (sulfide) groups is 1. The standard InChI is InChI=1S/C14H11Cl2NOS/c15-11-2-1-3-13(7-11)19-9-12(18)6-10-4-5-17-8-14(10)16/h1-5,7-8H,6,9H2. The van der Waals surface area contributed by atoms with Crippen molar-refractivity contribution in [2.45, 2.75) is 11.3 Å². The lowest BCUT2D eigenvalue weighted by Gasteiger charge is -2.04. The van der Waals surface area contributed by atoms with Gasteiger partial charge in [-0.15, -0.1) is 11.8 Å². The number of Topliss-reactive ketones (excluding diaryl/α,β-unsaturated/α-hetero) is 1. The molecular weight excluding hydrogens is 301 g/mol. The number of carbonyl (C=O) groups is 1. The van der Waals surface area contributed by atoms with Gasteiger partial charge in [0, 0.05) is 28.7 Å². The van der Waals surface area contributed by atoms with E-state index < -0.39 is 0 Å². The lowest BCUT2D eigenvalue weighted by Crippen LogP contribution is -2.06. The van der Waals surface area contributed by atoms with E-state index in [1.807, 2.05) is 24.3 Å². The fraction of sp³-hybridized carbons (Fsp3) is 0.143. The Morgan fingerprint density at radius 2 is 2.11 bits per heavy atom. The number of nitrogens with zero attached hydrogens (tertiary/aromatic N) is 1. The molecular formula is C14H11Cl2NOS. The van der Waals surface area contributed by atoms with E-state index in [0.29, 0.717) is 22.2 Å². The Hall–Kier alpha value is -1.03. The number of hydrogen-bond acceptors (Lipinski definition) is 3. The van der Waals surface area contributed by atoms with Gasteiger partial charge in [-0.05, 0) is 29.8 Å². The molecule has 19 heavy (non-hydrogen) atoms. The first-order valence-electron chi connectivity index (χ1n) is 5.63. The first-order valence-corrected chi connectivity index (χ1v) is 7.38. The van der Waals surface area contributed by atoms with Crippen molar-refractivity contribution in [3.8, 4) is 0 Å². The van der Waals surface area contributed by atoms with Crippen molar-refractivity contribution in [2.24, 2.45) is 0 Å². The minimum atomic E-state index is 0.123. The Balaban J connectivity index is 1.90. The molecule has 0 atom stereocenters. The van der Waals surface area contributed by atoms with Crippen molar-refractivity contribution in [3.63, 3.8) is 0 Å². The van der Waals surface area contributed by atoms with Crippen molar-refractivity contribution in [3.05, 3.63) is 58.3 Å². The molecule has 0 aliphatic heterocycles. The molecule has 0 saturated carbocycles. The van der Waals surface area contributed by atoms with E-state index in [9.17, 15) is 4.79 Å². The Morgan fingerprint density at radius 1 is 1.26 bits per heavy atom. The Bertz CT molecular complexity index is 589. The number of benzene rings is 1. The third-order valence-electron chi connectivity index (χ3n) is 2.44. The minimum absolute atomic E-state index is 0.123. The molecule has 1 aromatic carbocycles. The van der Waals surface area contributed by atoms with Gasteiger partial charge in [0.1, 0.15) is 5.78 Å². The SMILES string of the molecule is O=C(CSc1cccc(Cl)c1)Cc1ccncc1Cl. The first-order chi connectivity index (χ1) is 9.15. The zero-order valence-corrected chi connectivity index (χ0v) is 12.3. The van der Waals surface area contributed by atoms with Crippen molar-refractivity contribution < 1.29 is 4.79 Å². The van der Waals surface area contributed by atoms with Gasteiger partial charge in [-0.3, -0.25) is 9.78 Å². The average Bonchev–Trinajstić information content (AvgIpc) is 2.39. The largest absolute Gasteiger partial charge is 0.298 e. The summed E-state index contributed by atoms with van der Waals surface area (Å²) in [4.78, 5) is 16.8. The summed E-state index contributed by atoms with van der Waals surface area (Å²) in [6.07, 6.45) is 3.52. The molecule has 2 rings (SSSR count). The maximum absolute atomic E-state index is 11.9. The van der Waals surface area contributed by atoms with Crippen molar-refractivity contribution >= 4 is 40.7 Å². The van der Waals surface area contributed by atoms with Gasteiger partial charge in [-0.25, -0.2) is 0 Å². The monoisotopic (exact) mass is 311 g/mol. The normalized spacial score (nSPS) is 10.4. The number of pyridine rings is 1. The molecule has 5 heteroatoms. The van der Waals surface area contributed by atoms with E-state index in [1.54, 1.807) is 18.5 Å². The summed E-state index contributed by atoms with van der Waals surface area (Å²) in [6, 6.07) is 9.23. The second-order valence-electron chi connectivity index (χ2n) is 3.93. The van der Waals surface area contributed by atoms with Crippen LogP contribution >= 0.6 is 35.0 Å². The number of rotatable bonds is 5. The van der Waals surface area contributed by atoms with Gasteiger partial charge in [0.25, 0.3) is 0 Å². The predicted molar refractivity (Wildman–Crippen MR) is 80.1 cm³/mol. The van der Waals surface area contributed by atoms with Gasteiger partial charge in [0.15, 0.2) is 0 Å². The van der Waals surface area contributed by atoms with Crippen molar-refractivity contribution in [1.82, 2.24) is 4.98 Å². The highest BCUT2D eigenvalue weighted by Gasteiger charge is 2.08. The van der Waals surface area contributed by atoms with E-state index in [4.69, 9.17) is 23.2 Å². The summed E-state index contributed by atoms with van der Waals surface area (Å²) in [6.45, 7) is 0. The molecule has 0 saturated heterocycles. The van der Waals surface area contributed by atoms with Crippen LogP contribution in [0.2, 0.25) is 10.0 Å². The molecule has 2 nitrogen and oxygen atoms in total. The summed E-state index contributed by atoms with van der Waals surface area (Å²) >= 11 is 13.3. The van der Waals surface area contributed by atoms with Gasteiger partial charge >= 0.3 is 0 Å². The summed E-state index contributed by atoms with van der Waals surface area (Å²) in [5.74, 6) is 0.525. The van der Waals surface area contributed by atoms with Crippen molar-refractivity contribution in [2.75, 3.05) is 5.75 Å². The second kappa shape index (κ2) is 6.94. The van der Waals surface area contributed by atoms with E-state index in [1.165, 1.54) is 11.8 Å².